The molecule has 2 saturated heterocycles. The summed E-state index contributed by atoms with van der Waals surface area (Å²) >= 11 is 0. The van der Waals surface area contributed by atoms with E-state index in [1.807, 2.05) is 30.3 Å². The fourth-order valence-corrected chi connectivity index (χ4v) is 3.80. The highest BCUT2D eigenvalue weighted by Gasteiger charge is 2.43. The maximum atomic E-state index is 12.6. The predicted molar refractivity (Wildman–Crippen MR) is 87.0 cm³/mol. The number of hydrogen-bond acceptors (Lipinski definition) is 3. The second-order valence-corrected chi connectivity index (χ2v) is 6.11. The van der Waals surface area contributed by atoms with Gasteiger partial charge in [-0.3, -0.25) is 9.69 Å². The van der Waals surface area contributed by atoms with Gasteiger partial charge in [-0.2, -0.15) is 0 Å². The summed E-state index contributed by atoms with van der Waals surface area (Å²) in [7, 11) is 1.65. The average molecular weight is 300 g/mol. The van der Waals surface area contributed by atoms with Crippen LogP contribution in [0.25, 0.3) is 0 Å². The minimum atomic E-state index is 0.248. The highest BCUT2D eigenvalue weighted by Crippen LogP contribution is 2.31. The van der Waals surface area contributed by atoms with Crippen molar-refractivity contribution in [3.63, 3.8) is 0 Å². The Hall–Kier alpha value is -1.81. The summed E-state index contributed by atoms with van der Waals surface area (Å²) in [6.45, 7) is 6.73. The second-order valence-electron chi connectivity index (χ2n) is 6.11. The number of ether oxygens (including phenoxy) is 1. The number of likely N-dealkylation sites (tertiary alicyclic amines) is 2. The summed E-state index contributed by atoms with van der Waals surface area (Å²) in [4.78, 5) is 17.2. The number of carbonyl (C=O) groups is 1. The van der Waals surface area contributed by atoms with E-state index < -0.39 is 0 Å². The third kappa shape index (κ3) is 2.88. The molecule has 22 heavy (non-hydrogen) atoms. The van der Waals surface area contributed by atoms with E-state index in [-0.39, 0.29) is 5.91 Å². The van der Waals surface area contributed by atoms with E-state index in [4.69, 9.17) is 4.74 Å². The van der Waals surface area contributed by atoms with Crippen molar-refractivity contribution in [2.24, 2.45) is 0 Å². The first-order chi connectivity index (χ1) is 10.7. The van der Waals surface area contributed by atoms with Crippen LogP contribution in [0, 0.1) is 0 Å². The number of benzene rings is 1. The van der Waals surface area contributed by atoms with Gasteiger partial charge in [-0.15, -0.1) is 6.58 Å². The van der Waals surface area contributed by atoms with Crippen LogP contribution in [0.3, 0.4) is 0 Å². The van der Waals surface area contributed by atoms with Crippen LogP contribution in [0.15, 0.2) is 36.9 Å². The topological polar surface area (TPSA) is 32.8 Å². The van der Waals surface area contributed by atoms with Gasteiger partial charge in [0.2, 0.25) is 5.91 Å². The Bertz CT molecular complexity index is 541. The molecule has 1 aromatic carbocycles. The molecule has 0 spiro atoms. The van der Waals surface area contributed by atoms with E-state index in [1.54, 1.807) is 7.11 Å². The molecule has 2 fully saturated rings. The first kappa shape index (κ1) is 15.1. The first-order valence-electron chi connectivity index (χ1n) is 8.00. The van der Waals surface area contributed by atoms with Crippen LogP contribution in [0.1, 0.15) is 18.4 Å². The quantitative estimate of drug-likeness (QED) is 0.781. The van der Waals surface area contributed by atoms with Crippen LogP contribution in [0.4, 0.5) is 0 Å². The fraction of sp³-hybridized carbons (Fsp3) is 0.500. The molecule has 0 N–H and O–H groups in total. The van der Waals surface area contributed by atoms with Gasteiger partial charge in [0.25, 0.3) is 0 Å². The van der Waals surface area contributed by atoms with Crippen molar-refractivity contribution < 1.29 is 9.53 Å². The Labute approximate surface area is 132 Å². The molecule has 4 heteroatoms. The summed E-state index contributed by atoms with van der Waals surface area (Å²) in [6.07, 6.45) is 4.62. The van der Waals surface area contributed by atoms with E-state index in [0.717, 1.165) is 43.8 Å². The highest BCUT2D eigenvalue weighted by atomic mass is 16.5. The zero-order valence-electron chi connectivity index (χ0n) is 13.2. The molecule has 2 aliphatic rings. The maximum Gasteiger partial charge on any atom is 0.227 e. The molecule has 0 saturated carbocycles. The van der Waals surface area contributed by atoms with E-state index in [9.17, 15) is 4.79 Å². The van der Waals surface area contributed by atoms with Crippen LogP contribution >= 0.6 is 0 Å². The molecule has 118 valence electrons. The summed E-state index contributed by atoms with van der Waals surface area (Å²) in [5.41, 5.74) is 1.05. The summed E-state index contributed by atoms with van der Waals surface area (Å²) in [5, 5.41) is 0. The summed E-state index contributed by atoms with van der Waals surface area (Å²) in [5.74, 6) is 1.08. The molecule has 1 aromatic rings. The monoisotopic (exact) mass is 300 g/mol. The lowest BCUT2D eigenvalue weighted by Gasteiger charge is -2.25. The Balaban J connectivity index is 1.62. The van der Waals surface area contributed by atoms with E-state index >= 15 is 0 Å². The van der Waals surface area contributed by atoms with E-state index in [0.29, 0.717) is 18.5 Å². The van der Waals surface area contributed by atoms with Gasteiger partial charge in [-0.25, -0.2) is 0 Å². The van der Waals surface area contributed by atoms with Crippen LogP contribution in [-0.4, -0.2) is 54.5 Å². The van der Waals surface area contributed by atoms with Gasteiger partial charge in [0.15, 0.2) is 0 Å². The van der Waals surface area contributed by atoms with Gasteiger partial charge in [0.1, 0.15) is 5.75 Å². The minimum absolute atomic E-state index is 0.248. The second kappa shape index (κ2) is 6.53. The normalized spacial score (nSPS) is 24.3. The molecule has 0 radical (unpaired) electrons. The molecule has 2 aliphatic heterocycles. The molecular formula is C18H24N2O2. The van der Waals surface area contributed by atoms with Crippen molar-refractivity contribution in [3.8, 4) is 5.75 Å². The maximum absolute atomic E-state index is 12.6. The first-order valence-corrected chi connectivity index (χ1v) is 8.00. The van der Waals surface area contributed by atoms with Crippen molar-refractivity contribution in [2.75, 3.05) is 26.7 Å². The molecule has 0 unspecified atom stereocenters. The van der Waals surface area contributed by atoms with Gasteiger partial charge >= 0.3 is 0 Å². The lowest BCUT2D eigenvalue weighted by molar-refractivity contribution is -0.131. The van der Waals surface area contributed by atoms with Crippen molar-refractivity contribution >= 4 is 5.91 Å². The predicted octanol–water partition coefficient (Wildman–Crippen LogP) is 2.10. The third-order valence-corrected chi connectivity index (χ3v) is 4.89. The number of amides is 1. The van der Waals surface area contributed by atoms with Gasteiger partial charge in [0.05, 0.1) is 13.5 Å². The lowest BCUT2D eigenvalue weighted by atomic mass is 10.1. The van der Waals surface area contributed by atoms with Crippen LogP contribution in [0.5, 0.6) is 5.75 Å². The molecule has 0 aromatic heterocycles. The average Bonchev–Trinajstić information content (AvgIpc) is 3.11. The Morgan fingerprint density at radius 3 is 2.68 bits per heavy atom. The summed E-state index contributed by atoms with van der Waals surface area (Å²) in [6, 6.07) is 8.70. The standard InChI is InChI=1S/C18H24N2O2/c1-3-10-19-11-8-17-16(19)9-12-20(17)18(21)13-14-4-6-15(22-2)7-5-14/h3-7,16-17H,1,8-13H2,2H3/t16-,17+/m1/s1. The van der Waals surface area contributed by atoms with Crippen LogP contribution < -0.4 is 4.74 Å². The molecule has 0 bridgehead atoms. The number of methoxy groups -OCH3 is 1. The number of carbonyl (C=O) groups excluding carboxylic acids is 1. The Morgan fingerprint density at radius 1 is 1.27 bits per heavy atom. The Kier molecular flexibility index (Phi) is 4.48. The third-order valence-electron chi connectivity index (χ3n) is 4.89. The number of hydrogen-bond donors (Lipinski definition) is 0. The van der Waals surface area contributed by atoms with E-state index in [1.165, 1.54) is 0 Å². The summed E-state index contributed by atoms with van der Waals surface area (Å²) < 4.78 is 5.16. The van der Waals surface area contributed by atoms with Crippen molar-refractivity contribution in [1.29, 1.82) is 0 Å². The minimum Gasteiger partial charge on any atom is -0.497 e. The molecule has 1 amide bonds. The molecule has 2 atom stereocenters. The molecule has 0 aliphatic carbocycles. The smallest absolute Gasteiger partial charge is 0.227 e. The number of nitrogens with zero attached hydrogens (tertiary/aromatic N) is 2. The highest BCUT2D eigenvalue weighted by molar-refractivity contribution is 5.79. The van der Waals surface area contributed by atoms with Crippen LogP contribution in [-0.2, 0) is 11.2 Å². The lowest BCUT2D eigenvalue weighted by Crippen LogP contribution is -2.40. The van der Waals surface area contributed by atoms with Crippen molar-refractivity contribution in [1.82, 2.24) is 9.80 Å². The van der Waals surface area contributed by atoms with Gasteiger partial charge in [0, 0.05) is 31.7 Å². The zero-order valence-corrected chi connectivity index (χ0v) is 13.2. The molecule has 3 rings (SSSR count). The Morgan fingerprint density at radius 2 is 2.00 bits per heavy atom. The van der Waals surface area contributed by atoms with Crippen molar-refractivity contribution in [3.05, 3.63) is 42.5 Å². The molecule has 4 nitrogen and oxygen atoms in total. The number of rotatable bonds is 5. The van der Waals surface area contributed by atoms with Gasteiger partial charge in [-0.05, 0) is 30.5 Å². The SMILES string of the molecule is C=CCN1CC[C@H]2[C@H]1CCN2C(=O)Cc1ccc(OC)cc1. The fourth-order valence-electron chi connectivity index (χ4n) is 3.80. The van der Waals surface area contributed by atoms with E-state index in [2.05, 4.69) is 16.4 Å². The largest absolute Gasteiger partial charge is 0.497 e. The zero-order chi connectivity index (χ0) is 15.5. The number of fused-ring (bicyclic) bond motifs is 1. The molecule has 2 heterocycles. The van der Waals surface area contributed by atoms with Crippen LogP contribution in [0.2, 0.25) is 0 Å². The van der Waals surface area contributed by atoms with Gasteiger partial charge in [-0.1, -0.05) is 18.2 Å². The molecular weight excluding hydrogens is 276 g/mol. The van der Waals surface area contributed by atoms with Gasteiger partial charge < -0.3 is 9.64 Å². The van der Waals surface area contributed by atoms with Crippen molar-refractivity contribution in [2.45, 2.75) is 31.3 Å².